The highest BCUT2D eigenvalue weighted by atomic mass is 35.5. The van der Waals surface area contributed by atoms with Crippen LogP contribution >= 0.6 is 46.4 Å². The zero-order valence-corrected chi connectivity index (χ0v) is 41.2. The smallest absolute Gasteiger partial charge is 0.351 e. The first-order chi connectivity index (χ1) is 34.9. The lowest BCUT2D eigenvalue weighted by molar-refractivity contribution is -0.162. The lowest BCUT2D eigenvalue weighted by atomic mass is 9.87. The van der Waals surface area contributed by atoms with E-state index in [1.165, 1.54) is 18.3 Å². The quantitative estimate of drug-likeness (QED) is 0.0760. The Hall–Kier alpha value is -7.04. The summed E-state index contributed by atoms with van der Waals surface area (Å²) in [6.45, 7) is -0.142. The molecule has 0 radical (unpaired) electrons. The zero-order chi connectivity index (χ0) is 50.0. The highest BCUT2D eigenvalue weighted by Crippen LogP contribution is 2.43. The second-order valence-electron chi connectivity index (χ2n) is 17.3. The summed E-state index contributed by atoms with van der Waals surface area (Å²) in [5.41, 5.74) is 6.24. The minimum absolute atomic E-state index is 0.0742. The van der Waals surface area contributed by atoms with Crippen LogP contribution in [0.3, 0.4) is 0 Å². The molecule has 3 aromatic heterocycles. The number of ether oxygens (including phenoxy) is 3. The van der Waals surface area contributed by atoms with E-state index in [0.29, 0.717) is 74.4 Å². The van der Waals surface area contributed by atoms with Crippen LogP contribution in [0.15, 0.2) is 122 Å². The van der Waals surface area contributed by atoms with Crippen molar-refractivity contribution in [2.24, 2.45) is 0 Å². The molecule has 2 aliphatic heterocycles. The van der Waals surface area contributed by atoms with Crippen molar-refractivity contribution in [1.29, 1.82) is 0 Å². The molecule has 0 bridgehead atoms. The van der Waals surface area contributed by atoms with E-state index in [4.69, 9.17) is 60.6 Å². The number of hydrogen-bond acceptors (Lipinski definition) is 10. The summed E-state index contributed by atoms with van der Waals surface area (Å²) in [7, 11) is 0. The number of nitrogens with zero attached hydrogens (tertiary/aromatic N) is 7. The number of carbonyl (C=O) groups is 4. The fraction of sp³-hybridized carbons (Fsp3) is 0.226. The third-order valence-electron chi connectivity index (χ3n) is 12.9. The van der Waals surface area contributed by atoms with Crippen molar-refractivity contribution in [2.45, 2.75) is 50.9 Å². The first-order valence-electron chi connectivity index (χ1n) is 23.0. The number of aromatic nitrogens is 5. The van der Waals surface area contributed by atoms with Crippen LogP contribution in [-0.2, 0) is 49.8 Å². The number of carbonyl (C=O) groups excluding carboxylic acids is 4. The molecule has 366 valence electrons. The van der Waals surface area contributed by atoms with Crippen LogP contribution < -0.4 is 9.47 Å². The molecule has 0 saturated carbocycles. The van der Waals surface area contributed by atoms with E-state index < -0.39 is 43.1 Å². The Kier molecular flexibility index (Phi) is 14.1. The fourth-order valence-electron chi connectivity index (χ4n) is 9.59. The van der Waals surface area contributed by atoms with Gasteiger partial charge in [-0.05, 0) is 108 Å². The van der Waals surface area contributed by atoms with Crippen molar-refractivity contribution in [2.75, 3.05) is 26.3 Å². The minimum atomic E-state index is -1.02. The van der Waals surface area contributed by atoms with Gasteiger partial charge >= 0.3 is 11.9 Å². The molecule has 2 aliphatic rings. The van der Waals surface area contributed by atoms with Crippen LogP contribution in [-0.4, -0.2) is 84.2 Å². The summed E-state index contributed by atoms with van der Waals surface area (Å²) in [6, 6.07) is 27.7. The van der Waals surface area contributed by atoms with Gasteiger partial charge in [0, 0.05) is 70.3 Å². The highest BCUT2D eigenvalue weighted by molar-refractivity contribution is 6.31. The van der Waals surface area contributed by atoms with Gasteiger partial charge in [0.1, 0.15) is 28.0 Å². The van der Waals surface area contributed by atoms with Crippen LogP contribution in [0.4, 0.5) is 4.39 Å². The number of halogens is 5. The largest absolute Gasteiger partial charge is 0.482 e. The molecule has 2 unspecified atom stereocenters. The lowest BCUT2D eigenvalue weighted by Crippen LogP contribution is -2.41. The first kappa shape index (κ1) is 48.6. The van der Waals surface area contributed by atoms with E-state index in [9.17, 15) is 23.6 Å². The van der Waals surface area contributed by atoms with Crippen molar-refractivity contribution in [3.05, 3.63) is 181 Å². The molecule has 72 heavy (non-hydrogen) atoms. The van der Waals surface area contributed by atoms with Gasteiger partial charge in [0.25, 0.3) is 0 Å². The maximum absolute atomic E-state index is 14.6. The van der Waals surface area contributed by atoms with Gasteiger partial charge in [-0.15, -0.1) is 0 Å². The number of fused-ring (bicyclic) bond motifs is 4. The molecule has 5 heterocycles. The Bertz CT molecular complexity index is 3420. The van der Waals surface area contributed by atoms with Gasteiger partial charge in [-0.1, -0.05) is 76.7 Å². The summed E-state index contributed by atoms with van der Waals surface area (Å²) in [6.07, 6.45) is 6.20. The van der Waals surface area contributed by atoms with Crippen molar-refractivity contribution in [3.8, 4) is 11.5 Å². The van der Waals surface area contributed by atoms with Gasteiger partial charge in [-0.25, -0.2) is 23.9 Å². The van der Waals surface area contributed by atoms with Gasteiger partial charge in [0.2, 0.25) is 11.8 Å². The summed E-state index contributed by atoms with van der Waals surface area (Å²) < 4.78 is 35.4. The molecule has 10 rings (SSSR count). The van der Waals surface area contributed by atoms with E-state index in [0.717, 1.165) is 22.0 Å². The van der Waals surface area contributed by atoms with Gasteiger partial charge in [-0.2, -0.15) is 5.10 Å². The molecule has 8 aromatic rings. The van der Waals surface area contributed by atoms with E-state index in [2.05, 4.69) is 15.1 Å². The van der Waals surface area contributed by atoms with Gasteiger partial charge in [0.15, 0.2) is 18.9 Å². The Balaban J connectivity index is 0.827. The minimum Gasteiger partial charge on any atom is -0.482 e. The van der Waals surface area contributed by atoms with Gasteiger partial charge in [0.05, 0.1) is 36.5 Å². The molecular formula is C53H42Cl4FN7O7. The molecule has 0 spiro atoms. The molecule has 5 aromatic carbocycles. The molecule has 19 heteroatoms. The van der Waals surface area contributed by atoms with Crippen LogP contribution in [0, 0.1) is 5.82 Å². The van der Waals surface area contributed by atoms with Crippen LogP contribution in [0.5, 0.6) is 11.5 Å². The Labute approximate surface area is 431 Å². The molecule has 2 amide bonds. The predicted octanol–water partition coefficient (Wildman–Crippen LogP) is 10.2. The Morgan fingerprint density at radius 3 is 1.94 bits per heavy atom. The van der Waals surface area contributed by atoms with E-state index >= 15 is 0 Å². The third kappa shape index (κ3) is 10.3. The van der Waals surface area contributed by atoms with E-state index in [-0.39, 0.29) is 54.4 Å². The zero-order valence-electron chi connectivity index (χ0n) is 38.2. The fourth-order valence-corrected chi connectivity index (χ4v) is 10.2. The summed E-state index contributed by atoms with van der Waals surface area (Å²) >= 11 is 25.6. The molecule has 0 N–H and O–H groups in total. The number of aryl methyl sites for hydroxylation is 2. The standard InChI is InChI=1S/C53H42Cl4FN7O7/c54-34-7-11-44(40(24-34)51-38-4-2-1-3-31(38)13-20-63(51)47(66)16-19-62-18-15-42-53(62)61-46(57)28-59-42)70-29-49(68)72-50(69)30-71-45-12-8-35(55)25-41(45)52-39-10-9-37(58)23-32(39)14-21-64(52)48(67)17-22-65-43-26-36(56)6-5-33(43)27-60-65/h1-12,15,18,23-28,51-52H,13-14,16-17,19-22,29-30H2. The summed E-state index contributed by atoms with van der Waals surface area (Å²) in [4.78, 5) is 67.2. The molecule has 14 nitrogen and oxygen atoms in total. The SMILES string of the molecule is O=C(COc1ccc(Cl)cc1C1c2ccccc2CCN1C(=O)CCn1ccc2ncc(Cl)nc21)OC(=O)COc1ccc(Cl)cc1C1c2ccc(F)cc2CCN1C(=O)CCn1ncc2ccc(Cl)cc21. The molecule has 0 saturated heterocycles. The number of hydrogen-bond donors (Lipinski definition) is 0. The Morgan fingerprint density at radius 2 is 1.25 bits per heavy atom. The second-order valence-corrected chi connectivity index (χ2v) is 19.0. The van der Waals surface area contributed by atoms with Crippen LogP contribution in [0.2, 0.25) is 20.2 Å². The number of esters is 2. The molecular weight excluding hydrogens is 1010 g/mol. The average molecular weight is 1050 g/mol. The maximum atomic E-state index is 14.6. The third-order valence-corrected chi connectivity index (χ3v) is 13.7. The second kappa shape index (κ2) is 21.0. The number of benzene rings is 5. The molecule has 2 atom stereocenters. The van der Waals surface area contributed by atoms with Gasteiger partial charge < -0.3 is 28.6 Å². The van der Waals surface area contributed by atoms with E-state index in [1.807, 2.05) is 47.2 Å². The van der Waals surface area contributed by atoms with E-state index in [1.54, 1.807) is 75.3 Å². The topological polar surface area (TPSA) is 151 Å². The highest BCUT2D eigenvalue weighted by Gasteiger charge is 2.36. The van der Waals surface area contributed by atoms with Crippen molar-refractivity contribution >= 4 is 92.2 Å². The predicted molar refractivity (Wildman–Crippen MR) is 269 cm³/mol. The van der Waals surface area contributed by atoms with Gasteiger partial charge in [-0.3, -0.25) is 14.3 Å². The molecule has 0 aliphatic carbocycles. The number of amides is 2. The maximum Gasteiger partial charge on any atom is 0.351 e. The first-order valence-corrected chi connectivity index (χ1v) is 24.5. The lowest BCUT2D eigenvalue weighted by Gasteiger charge is -2.38. The summed E-state index contributed by atoms with van der Waals surface area (Å²) in [5.74, 6) is -2.37. The average Bonchev–Trinajstić information content (AvgIpc) is 3.98. The normalized spacial score (nSPS) is 15.3. The number of rotatable bonds is 14. The Morgan fingerprint density at radius 1 is 0.639 bits per heavy atom. The van der Waals surface area contributed by atoms with Crippen molar-refractivity contribution in [3.63, 3.8) is 0 Å². The monoisotopic (exact) mass is 1050 g/mol. The molecule has 0 fully saturated rings. The van der Waals surface area contributed by atoms with Crippen LogP contribution in [0.1, 0.15) is 58.3 Å². The van der Waals surface area contributed by atoms with Crippen LogP contribution in [0.25, 0.3) is 22.1 Å². The van der Waals surface area contributed by atoms with Crippen molar-refractivity contribution in [1.82, 2.24) is 34.1 Å². The van der Waals surface area contributed by atoms with Crippen molar-refractivity contribution < 1.29 is 37.8 Å². The summed E-state index contributed by atoms with van der Waals surface area (Å²) in [5, 5.41) is 6.83.